The number of hydrogen-bond acceptors (Lipinski definition) is 5. The number of halogens is 1. The van der Waals surface area contributed by atoms with Crippen molar-refractivity contribution in [2.45, 2.75) is 12.8 Å². The fraction of sp³-hybridized carbons (Fsp3) is 0.538. The predicted molar refractivity (Wildman–Crippen MR) is 74.6 cm³/mol. The van der Waals surface area contributed by atoms with Crippen LogP contribution in [0.15, 0.2) is 12.3 Å². The van der Waals surface area contributed by atoms with E-state index in [-0.39, 0.29) is 17.3 Å². The molecule has 0 aromatic carbocycles. The Bertz CT molecular complexity index is 476. The second-order valence-corrected chi connectivity index (χ2v) is 4.94. The van der Waals surface area contributed by atoms with Crippen LogP contribution in [0, 0.1) is 5.82 Å². The van der Waals surface area contributed by atoms with E-state index >= 15 is 0 Å². The number of carbonyl (C=O) groups is 1. The quantitative estimate of drug-likeness (QED) is 0.613. The number of nitrogens with two attached hydrogens (primary N) is 1. The number of aromatic nitrogens is 1. The molecule has 1 aliphatic rings. The zero-order chi connectivity index (χ0) is 14.5. The maximum absolute atomic E-state index is 14.0. The average Bonchev–Trinajstić information content (AvgIpc) is 2.97. The van der Waals surface area contributed by atoms with Gasteiger partial charge in [-0.3, -0.25) is 4.79 Å². The van der Waals surface area contributed by atoms with Crippen LogP contribution in [0.5, 0.6) is 0 Å². The summed E-state index contributed by atoms with van der Waals surface area (Å²) >= 11 is 0. The first kappa shape index (κ1) is 14.7. The van der Waals surface area contributed by atoms with E-state index in [0.717, 1.165) is 19.6 Å². The molecular weight excluding hydrogens is 261 g/mol. The Morgan fingerprint density at radius 2 is 2.25 bits per heavy atom. The molecule has 1 aliphatic heterocycles. The monoisotopic (exact) mass is 281 g/mol. The maximum Gasteiger partial charge on any atom is 0.256 e. The van der Waals surface area contributed by atoms with Gasteiger partial charge in [0.1, 0.15) is 0 Å². The highest BCUT2D eigenvalue weighted by molar-refractivity contribution is 5.95. The summed E-state index contributed by atoms with van der Waals surface area (Å²) in [5.41, 5.74) is 2.12. The van der Waals surface area contributed by atoms with Gasteiger partial charge in [0.2, 0.25) is 0 Å². The molecule has 1 aromatic heterocycles. The van der Waals surface area contributed by atoms with Crippen molar-refractivity contribution in [1.82, 2.24) is 14.8 Å². The normalized spacial score (nSPS) is 15.3. The molecule has 7 heteroatoms. The van der Waals surface area contributed by atoms with Gasteiger partial charge in [-0.05, 0) is 32.0 Å². The number of likely N-dealkylation sites (tertiary alicyclic amines) is 1. The van der Waals surface area contributed by atoms with Crippen molar-refractivity contribution in [2.75, 3.05) is 38.7 Å². The topological polar surface area (TPSA) is 74.5 Å². The van der Waals surface area contributed by atoms with Crippen molar-refractivity contribution in [1.29, 1.82) is 0 Å². The van der Waals surface area contributed by atoms with Crippen molar-refractivity contribution in [3.05, 3.63) is 23.6 Å². The molecule has 1 fully saturated rings. The van der Waals surface area contributed by atoms with Gasteiger partial charge in [-0.25, -0.2) is 15.2 Å². The third kappa shape index (κ3) is 3.23. The standard InChI is InChI=1S/C13H20FN5O/c1-18(8-9-19-6-2-3-7-19)13(20)10-4-5-16-12(17-15)11(10)14/h4-5H,2-3,6-9,15H2,1H3,(H,16,17). The number of hydrazine groups is 1. The molecule has 1 saturated heterocycles. The minimum Gasteiger partial charge on any atom is -0.340 e. The van der Waals surface area contributed by atoms with E-state index in [1.807, 2.05) is 0 Å². The lowest BCUT2D eigenvalue weighted by Gasteiger charge is -2.21. The molecule has 2 heterocycles. The molecule has 1 amide bonds. The summed E-state index contributed by atoms with van der Waals surface area (Å²) < 4.78 is 14.0. The largest absolute Gasteiger partial charge is 0.340 e. The van der Waals surface area contributed by atoms with E-state index in [4.69, 9.17) is 5.84 Å². The number of anilines is 1. The van der Waals surface area contributed by atoms with Crippen LogP contribution in [0.4, 0.5) is 10.2 Å². The smallest absolute Gasteiger partial charge is 0.256 e. The van der Waals surface area contributed by atoms with Crippen LogP contribution < -0.4 is 11.3 Å². The number of likely N-dealkylation sites (N-methyl/N-ethyl adjacent to an activating group) is 1. The highest BCUT2D eigenvalue weighted by atomic mass is 19.1. The van der Waals surface area contributed by atoms with Crippen molar-refractivity contribution in [3.63, 3.8) is 0 Å². The molecule has 0 radical (unpaired) electrons. The second kappa shape index (κ2) is 6.62. The minimum absolute atomic E-state index is 0.0168. The Kier molecular flexibility index (Phi) is 4.86. The first-order valence-electron chi connectivity index (χ1n) is 6.72. The minimum atomic E-state index is -0.715. The molecule has 0 bridgehead atoms. The number of rotatable bonds is 5. The average molecular weight is 281 g/mol. The van der Waals surface area contributed by atoms with Crippen LogP contribution in [0.25, 0.3) is 0 Å². The van der Waals surface area contributed by atoms with Crippen LogP contribution in [0.1, 0.15) is 23.2 Å². The highest BCUT2D eigenvalue weighted by Crippen LogP contribution is 2.15. The lowest BCUT2D eigenvalue weighted by Crippen LogP contribution is -2.35. The zero-order valence-corrected chi connectivity index (χ0v) is 11.6. The van der Waals surface area contributed by atoms with E-state index < -0.39 is 5.82 Å². The van der Waals surface area contributed by atoms with Gasteiger partial charge in [0.05, 0.1) is 5.56 Å². The van der Waals surface area contributed by atoms with Gasteiger partial charge in [-0.15, -0.1) is 0 Å². The Balaban J connectivity index is 1.99. The summed E-state index contributed by atoms with van der Waals surface area (Å²) in [5.74, 6) is 3.96. The highest BCUT2D eigenvalue weighted by Gasteiger charge is 2.20. The second-order valence-electron chi connectivity index (χ2n) is 4.94. The van der Waals surface area contributed by atoms with Crippen LogP contribution in [-0.4, -0.2) is 53.9 Å². The molecule has 1 aromatic rings. The molecule has 2 rings (SSSR count). The zero-order valence-electron chi connectivity index (χ0n) is 11.6. The Labute approximate surface area is 117 Å². The number of nitrogen functional groups attached to an aromatic ring is 1. The fourth-order valence-corrected chi connectivity index (χ4v) is 2.31. The van der Waals surface area contributed by atoms with E-state index in [2.05, 4.69) is 15.3 Å². The van der Waals surface area contributed by atoms with Gasteiger partial charge in [0.15, 0.2) is 11.6 Å². The molecule has 0 saturated carbocycles. The fourth-order valence-electron chi connectivity index (χ4n) is 2.31. The van der Waals surface area contributed by atoms with Gasteiger partial charge in [-0.2, -0.15) is 0 Å². The van der Waals surface area contributed by atoms with E-state index in [0.29, 0.717) is 6.54 Å². The summed E-state index contributed by atoms with van der Waals surface area (Å²) in [7, 11) is 1.67. The van der Waals surface area contributed by atoms with Crippen molar-refractivity contribution in [3.8, 4) is 0 Å². The van der Waals surface area contributed by atoms with Crippen molar-refractivity contribution < 1.29 is 9.18 Å². The number of nitrogens with zero attached hydrogens (tertiary/aromatic N) is 3. The molecule has 20 heavy (non-hydrogen) atoms. The maximum atomic E-state index is 14.0. The summed E-state index contributed by atoms with van der Waals surface area (Å²) in [6.07, 6.45) is 3.78. The van der Waals surface area contributed by atoms with E-state index in [9.17, 15) is 9.18 Å². The number of hydrogen-bond donors (Lipinski definition) is 2. The van der Waals surface area contributed by atoms with Crippen LogP contribution in [-0.2, 0) is 0 Å². The third-order valence-corrected chi connectivity index (χ3v) is 3.55. The molecule has 0 unspecified atom stereocenters. The van der Waals surface area contributed by atoms with Gasteiger partial charge < -0.3 is 15.2 Å². The Hall–Kier alpha value is -1.73. The first-order chi connectivity index (χ1) is 9.63. The number of amides is 1. The van der Waals surface area contributed by atoms with E-state index in [1.54, 1.807) is 7.05 Å². The van der Waals surface area contributed by atoms with Gasteiger partial charge in [0.25, 0.3) is 5.91 Å². The summed E-state index contributed by atoms with van der Waals surface area (Å²) in [4.78, 5) is 19.8. The Morgan fingerprint density at radius 3 is 2.90 bits per heavy atom. The molecule has 0 aliphatic carbocycles. The van der Waals surface area contributed by atoms with Crippen LogP contribution in [0.3, 0.4) is 0 Å². The molecule has 6 nitrogen and oxygen atoms in total. The number of carbonyl (C=O) groups excluding carboxylic acids is 1. The molecule has 0 atom stereocenters. The molecule has 0 spiro atoms. The Morgan fingerprint density at radius 1 is 1.55 bits per heavy atom. The SMILES string of the molecule is CN(CCN1CCCC1)C(=O)c1ccnc(NN)c1F. The van der Waals surface area contributed by atoms with Crippen molar-refractivity contribution >= 4 is 11.7 Å². The van der Waals surface area contributed by atoms with Crippen molar-refractivity contribution in [2.24, 2.45) is 5.84 Å². The van der Waals surface area contributed by atoms with E-state index in [1.165, 1.54) is 30.0 Å². The van der Waals surface area contributed by atoms with Gasteiger partial charge >= 0.3 is 0 Å². The van der Waals surface area contributed by atoms with Gasteiger partial charge in [0, 0.05) is 26.3 Å². The third-order valence-electron chi connectivity index (χ3n) is 3.55. The number of pyridine rings is 1. The molecule has 3 N–H and O–H groups in total. The molecule has 110 valence electrons. The van der Waals surface area contributed by atoms with Gasteiger partial charge in [-0.1, -0.05) is 0 Å². The lowest BCUT2D eigenvalue weighted by molar-refractivity contribution is 0.0777. The molecular formula is C13H20FN5O. The first-order valence-corrected chi connectivity index (χ1v) is 6.72. The van der Waals surface area contributed by atoms with Crippen LogP contribution >= 0.6 is 0 Å². The predicted octanol–water partition coefficient (Wildman–Crippen LogP) is 0.674. The summed E-state index contributed by atoms with van der Waals surface area (Å²) in [6.45, 7) is 3.54. The lowest BCUT2D eigenvalue weighted by atomic mass is 10.2. The van der Waals surface area contributed by atoms with Crippen LogP contribution in [0.2, 0.25) is 0 Å². The summed E-state index contributed by atoms with van der Waals surface area (Å²) in [5, 5.41) is 0. The summed E-state index contributed by atoms with van der Waals surface area (Å²) in [6, 6.07) is 1.37. The number of nitrogens with one attached hydrogen (secondary N) is 1.